The molecule has 3 heterocycles. The van der Waals surface area contributed by atoms with E-state index in [2.05, 4.69) is 17.0 Å². The molecule has 2 atom stereocenters. The number of likely N-dealkylation sites (tertiary alicyclic amines) is 1. The molecule has 5 nitrogen and oxygen atoms in total. The fourth-order valence-electron chi connectivity index (χ4n) is 3.81. The molecule has 2 aliphatic rings. The zero-order valence-electron chi connectivity index (χ0n) is 13.0. The lowest BCUT2D eigenvalue weighted by Gasteiger charge is -2.20. The summed E-state index contributed by atoms with van der Waals surface area (Å²) in [4.78, 5) is 19.5. The van der Waals surface area contributed by atoms with E-state index in [1.165, 1.54) is 6.42 Å². The smallest absolute Gasteiger partial charge is 0.254 e. The number of piperidine rings is 1. The van der Waals surface area contributed by atoms with Crippen molar-refractivity contribution in [2.24, 2.45) is 18.4 Å². The van der Waals surface area contributed by atoms with E-state index in [-0.39, 0.29) is 5.91 Å². The molecule has 0 aromatic carbocycles. The van der Waals surface area contributed by atoms with Crippen molar-refractivity contribution >= 4 is 16.9 Å². The molecule has 0 spiro atoms. The van der Waals surface area contributed by atoms with Crippen molar-refractivity contribution < 1.29 is 4.79 Å². The summed E-state index contributed by atoms with van der Waals surface area (Å²) >= 11 is 0. The molecule has 4 rings (SSSR count). The normalized spacial score (nSPS) is 27.2. The van der Waals surface area contributed by atoms with Gasteiger partial charge in [0.25, 0.3) is 5.91 Å². The number of hydrogen-bond donors (Lipinski definition) is 0. The number of carbonyl (C=O) groups is 1. The molecule has 1 saturated carbocycles. The number of nitrogens with zero attached hydrogens (tertiary/aromatic N) is 4. The molecule has 0 radical (unpaired) electrons. The third-order valence-corrected chi connectivity index (χ3v) is 5.15. The average molecular weight is 284 g/mol. The molecule has 1 saturated heterocycles. The highest BCUT2D eigenvalue weighted by Gasteiger charge is 2.57. The summed E-state index contributed by atoms with van der Waals surface area (Å²) < 4.78 is 1.76. The zero-order valence-corrected chi connectivity index (χ0v) is 13.0. The van der Waals surface area contributed by atoms with Crippen LogP contribution in [0.3, 0.4) is 0 Å². The summed E-state index contributed by atoms with van der Waals surface area (Å²) in [7, 11) is 1.88. The van der Waals surface area contributed by atoms with Crippen molar-refractivity contribution in [1.82, 2.24) is 19.7 Å². The second-order valence-corrected chi connectivity index (χ2v) is 6.96. The van der Waals surface area contributed by atoms with E-state index in [0.29, 0.717) is 11.3 Å². The molecule has 1 aliphatic carbocycles. The van der Waals surface area contributed by atoms with E-state index >= 15 is 0 Å². The number of rotatable bonds is 1. The summed E-state index contributed by atoms with van der Waals surface area (Å²) in [5.41, 5.74) is 3.67. The maximum atomic E-state index is 12.9. The van der Waals surface area contributed by atoms with Gasteiger partial charge in [-0.2, -0.15) is 5.10 Å². The van der Waals surface area contributed by atoms with E-state index in [1.807, 2.05) is 31.9 Å². The number of aromatic nitrogens is 3. The molecule has 0 N–H and O–H groups in total. The van der Waals surface area contributed by atoms with E-state index < -0.39 is 0 Å². The molecular weight excluding hydrogens is 264 g/mol. The Balaban J connectivity index is 1.81. The lowest BCUT2D eigenvalue weighted by atomic mass is 10.1. The van der Waals surface area contributed by atoms with Gasteiger partial charge in [0.2, 0.25) is 0 Å². The van der Waals surface area contributed by atoms with Gasteiger partial charge in [0.05, 0.1) is 16.6 Å². The minimum atomic E-state index is 0.134. The van der Waals surface area contributed by atoms with Crippen LogP contribution in [0.1, 0.15) is 35.1 Å². The summed E-state index contributed by atoms with van der Waals surface area (Å²) in [5.74, 6) is 0.838. The van der Waals surface area contributed by atoms with E-state index in [4.69, 9.17) is 0 Å². The van der Waals surface area contributed by atoms with Crippen LogP contribution in [0, 0.1) is 25.2 Å². The first-order valence-corrected chi connectivity index (χ1v) is 7.49. The Labute approximate surface area is 123 Å². The lowest BCUT2D eigenvalue weighted by Crippen LogP contribution is -2.31. The van der Waals surface area contributed by atoms with Gasteiger partial charge in [-0.1, -0.05) is 6.92 Å². The number of amides is 1. The average Bonchev–Trinajstić information content (AvgIpc) is 2.78. The van der Waals surface area contributed by atoms with Gasteiger partial charge in [-0.25, -0.2) is 4.98 Å². The molecule has 1 aliphatic heterocycles. The summed E-state index contributed by atoms with van der Waals surface area (Å²) in [6, 6.07) is 1.91. The van der Waals surface area contributed by atoms with Crippen molar-refractivity contribution in [3.05, 3.63) is 23.0 Å². The Morgan fingerprint density at radius 2 is 2.19 bits per heavy atom. The van der Waals surface area contributed by atoms with Crippen molar-refractivity contribution in [2.45, 2.75) is 27.2 Å². The van der Waals surface area contributed by atoms with Crippen LogP contribution < -0.4 is 0 Å². The fraction of sp³-hybridized carbons (Fsp3) is 0.562. The maximum Gasteiger partial charge on any atom is 0.254 e. The fourth-order valence-corrected chi connectivity index (χ4v) is 3.81. The Kier molecular flexibility index (Phi) is 2.34. The number of pyridine rings is 1. The van der Waals surface area contributed by atoms with Crippen LogP contribution in [0.25, 0.3) is 11.0 Å². The van der Waals surface area contributed by atoms with Gasteiger partial charge < -0.3 is 4.90 Å². The van der Waals surface area contributed by atoms with E-state index in [9.17, 15) is 4.79 Å². The SMILES string of the molecule is Cc1cc(C(=O)N2CC3CC3(C)C2)c2c(C)nn(C)c2n1. The van der Waals surface area contributed by atoms with Crippen LogP contribution in [-0.2, 0) is 7.05 Å². The van der Waals surface area contributed by atoms with Gasteiger partial charge >= 0.3 is 0 Å². The van der Waals surface area contributed by atoms with E-state index in [0.717, 1.165) is 41.1 Å². The van der Waals surface area contributed by atoms with Gasteiger partial charge in [-0.05, 0) is 37.7 Å². The molecule has 2 aromatic heterocycles. The zero-order chi connectivity index (χ0) is 14.9. The van der Waals surface area contributed by atoms with Crippen molar-refractivity contribution in [3.63, 3.8) is 0 Å². The second-order valence-electron chi connectivity index (χ2n) is 6.96. The Hall–Kier alpha value is -1.91. The standard InChI is InChI=1S/C16H20N4O/c1-9-5-12(13-10(2)18-19(4)14(13)17-9)15(21)20-7-11-6-16(11,3)8-20/h5,11H,6-8H2,1-4H3. The molecule has 5 heteroatoms. The minimum absolute atomic E-state index is 0.134. The van der Waals surface area contributed by atoms with Gasteiger partial charge in [0.15, 0.2) is 5.65 Å². The first-order chi connectivity index (χ1) is 9.89. The number of carbonyl (C=O) groups excluding carboxylic acids is 1. The third-order valence-electron chi connectivity index (χ3n) is 5.15. The predicted octanol–water partition coefficient (Wildman–Crippen LogP) is 2.07. The Morgan fingerprint density at radius 1 is 1.43 bits per heavy atom. The van der Waals surface area contributed by atoms with Gasteiger partial charge in [0, 0.05) is 25.8 Å². The predicted molar refractivity (Wildman–Crippen MR) is 80.1 cm³/mol. The van der Waals surface area contributed by atoms with Gasteiger partial charge in [0.1, 0.15) is 0 Å². The topological polar surface area (TPSA) is 51.0 Å². The van der Waals surface area contributed by atoms with Crippen LogP contribution in [0.5, 0.6) is 0 Å². The Bertz CT molecular complexity index is 778. The van der Waals surface area contributed by atoms with Crippen LogP contribution in [0.2, 0.25) is 0 Å². The monoisotopic (exact) mass is 284 g/mol. The lowest BCUT2D eigenvalue weighted by molar-refractivity contribution is 0.0768. The molecular formula is C16H20N4O. The van der Waals surface area contributed by atoms with Crippen LogP contribution in [0.4, 0.5) is 0 Å². The summed E-state index contributed by atoms with van der Waals surface area (Å²) in [6.07, 6.45) is 1.27. The van der Waals surface area contributed by atoms with Gasteiger partial charge in [-0.15, -0.1) is 0 Å². The highest BCUT2D eigenvalue weighted by atomic mass is 16.2. The molecule has 2 unspecified atom stereocenters. The second kappa shape index (κ2) is 3.84. The van der Waals surface area contributed by atoms with Gasteiger partial charge in [-0.3, -0.25) is 9.48 Å². The van der Waals surface area contributed by atoms with Crippen molar-refractivity contribution in [3.8, 4) is 0 Å². The van der Waals surface area contributed by atoms with Crippen LogP contribution in [-0.4, -0.2) is 38.7 Å². The first-order valence-electron chi connectivity index (χ1n) is 7.49. The highest BCUT2D eigenvalue weighted by molar-refractivity contribution is 6.06. The minimum Gasteiger partial charge on any atom is -0.338 e. The van der Waals surface area contributed by atoms with Crippen LogP contribution in [0.15, 0.2) is 6.07 Å². The Morgan fingerprint density at radius 3 is 2.86 bits per heavy atom. The highest BCUT2D eigenvalue weighted by Crippen LogP contribution is 2.57. The van der Waals surface area contributed by atoms with Crippen molar-refractivity contribution in [2.75, 3.05) is 13.1 Å². The molecule has 21 heavy (non-hydrogen) atoms. The maximum absolute atomic E-state index is 12.9. The molecule has 1 amide bonds. The van der Waals surface area contributed by atoms with Crippen molar-refractivity contribution in [1.29, 1.82) is 0 Å². The largest absolute Gasteiger partial charge is 0.338 e. The summed E-state index contributed by atoms with van der Waals surface area (Å²) in [6.45, 7) is 7.95. The number of aryl methyl sites for hydroxylation is 3. The molecule has 2 aromatic rings. The van der Waals surface area contributed by atoms with E-state index in [1.54, 1.807) is 4.68 Å². The van der Waals surface area contributed by atoms with Crippen LogP contribution >= 0.6 is 0 Å². The molecule has 110 valence electrons. The first kappa shape index (κ1) is 12.8. The summed E-state index contributed by atoms with van der Waals surface area (Å²) in [5, 5.41) is 5.32. The quantitative estimate of drug-likeness (QED) is 0.805. The molecule has 2 fully saturated rings. The third kappa shape index (κ3) is 1.73. The number of hydrogen-bond acceptors (Lipinski definition) is 3. The molecule has 0 bridgehead atoms. The number of fused-ring (bicyclic) bond motifs is 2.